The number of methoxy groups -OCH3 is 1. The number of aromatic nitrogens is 1. The minimum Gasteiger partial charge on any atom is -0.497 e. The summed E-state index contributed by atoms with van der Waals surface area (Å²) >= 11 is 0. The molecule has 0 saturated carbocycles. The maximum Gasteiger partial charge on any atom is 0.323 e. The molecule has 0 spiro atoms. The van der Waals surface area contributed by atoms with Gasteiger partial charge < -0.3 is 19.9 Å². The van der Waals surface area contributed by atoms with Crippen molar-refractivity contribution < 1.29 is 9.53 Å². The van der Waals surface area contributed by atoms with Crippen LogP contribution in [0.25, 0.3) is 10.9 Å². The number of hydrogen-bond donors (Lipinski definition) is 2. The molecule has 3 rings (SSSR count). The molecule has 0 aliphatic carbocycles. The van der Waals surface area contributed by atoms with Gasteiger partial charge in [-0.05, 0) is 30.3 Å². The molecular weight excluding hydrogens is 278 g/mol. The van der Waals surface area contributed by atoms with E-state index in [0.717, 1.165) is 22.3 Å². The quantitative estimate of drug-likeness (QED) is 0.771. The molecule has 1 heterocycles. The Morgan fingerprint density at radius 1 is 1.05 bits per heavy atom. The Hall–Kier alpha value is -2.95. The zero-order valence-corrected chi connectivity index (χ0v) is 12.5. The smallest absolute Gasteiger partial charge is 0.323 e. The van der Waals surface area contributed by atoms with E-state index in [1.165, 1.54) is 0 Å². The Labute approximate surface area is 128 Å². The lowest BCUT2D eigenvalue weighted by molar-refractivity contribution is 0.262. The van der Waals surface area contributed by atoms with E-state index < -0.39 is 0 Å². The molecule has 0 radical (unpaired) electrons. The number of anilines is 2. The second-order valence-electron chi connectivity index (χ2n) is 4.98. The molecule has 5 nitrogen and oxygen atoms in total. The Kier molecular flexibility index (Phi) is 3.70. The van der Waals surface area contributed by atoms with Crippen molar-refractivity contribution >= 4 is 28.3 Å². The lowest BCUT2D eigenvalue weighted by Crippen LogP contribution is -2.19. The Balaban J connectivity index is 1.75. The zero-order chi connectivity index (χ0) is 15.5. The summed E-state index contributed by atoms with van der Waals surface area (Å²) in [5.74, 6) is 0.750. The fraction of sp³-hybridized carbons (Fsp3) is 0.118. The monoisotopic (exact) mass is 295 g/mol. The zero-order valence-electron chi connectivity index (χ0n) is 12.5. The summed E-state index contributed by atoms with van der Waals surface area (Å²) in [4.78, 5) is 12.1. The minimum atomic E-state index is -0.276. The third-order valence-electron chi connectivity index (χ3n) is 3.49. The summed E-state index contributed by atoms with van der Waals surface area (Å²) in [6.45, 7) is 0. The van der Waals surface area contributed by atoms with E-state index in [1.54, 1.807) is 31.4 Å². The summed E-state index contributed by atoms with van der Waals surface area (Å²) in [6, 6.07) is 14.8. The number of amides is 2. The van der Waals surface area contributed by atoms with Gasteiger partial charge in [-0.25, -0.2) is 4.79 Å². The summed E-state index contributed by atoms with van der Waals surface area (Å²) in [5.41, 5.74) is 2.56. The first-order chi connectivity index (χ1) is 10.7. The largest absolute Gasteiger partial charge is 0.497 e. The van der Waals surface area contributed by atoms with Crippen LogP contribution in [0.1, 0.15) is 0 Å². The minimum absolute atomic E-state index is 0.276. The van der Waals surface area contributed by atoms with Crippen LogP contribution >= 0.6 is 0 Å². The summed E-state index contributed by atoms with van der Waals surface area (Å²) in [5, 5.41) is 6.69. The highest BCUT2D eigenvalue weighted by Crippen LogP contribution is 2.25. The normalized spacial score (nSPS) is 10.5. The number of aryl methyl sites for hydroxylation is 1. The molecule has 112 valence electrons. The van der Waals surface area contributed by atoms with Crippen LogP contribution in [0.5, 0.6) is 5.75 Å². The fourth-order valence-electron chi connectivity index (χ4n) is 2.40. The first-order valence-corrected chi connectivity index (χ1v) is 6.93. The van der Waals surface area contributed by atoms with Crippen molar-refractivity contribution in [2.75, 3.05) is 17.7 Å². The van der Waals surface area contributed by atoms with Gasteiger partial charge in [0.2, 0.25) is 0 Å². The van der Waals surface area contributed by atoms with E-state index >= 15 is 0 Å². The fourth-order valence-corrected chi connectivity index (χ4v) is 2.40. The number of carbonyl (C=O) groups excluding carboxylic acids is 1. The van der Waals surface area contributed by atoms with Crippen LogP contribution in [-0.4, -0.2) is 17.7 Å². The van der Waals surface area contributed by atoms with Gasteiger partial charge in [-0.2, -0.15) is 0 Å². The van der Waals surface area contributed by atoms with Crippen molar-refractivity contribution in [3.8, 4) is 5.75 Å². The number of ether oxygens (including phenoxy) is 1. The van der Waals surface area contributed by atoms with Crippen molar-refractivity contribution in [1.82, 2.24) is 4.57 Å². The number of rotatable bonds is 3. The van der Waals surface area contributed by atoms with Crippen molar-refractivity contribution in [3.63, 3.8) is 0 Å². The highest BCUT2D eigenvalue weighted by Gasteiger charge is 2.09. The number of nitrogens with one attached hydrogen (secondary N) is 2. The van der Waals surface area contributed by atoms with Crippen LogP contribution in [0.2, 0.25) is 0 Å². The Morgan fingerprint density at radius 3 is 2.50 bits per heavy atom. The number of carbonyl (C=O) groups is 1. The molecule has 2 aromatic carbocycles. The number of fused-ring (bicyclic) bond motifs is 1. The third-order valence-corrected chi connectivity index (χ3v) is 3.49. The lowest BCUT2D eigenvalue weighted by Gasteiger charge is -2.07. The molecule has 0 unspecified atom stereocenters. The van der Waals surface area contributed by atoms with Crippen LogP contribution in [0.3, 0.4) is 0 Å². The number of nitrogens with zero attached hydrogens (tertiary/aromatic N) is 1. The molecule has 0 saturated heterocycles. The van der Waals surface area contributed by atoms with Crippen molar-refractivity contribution in [2.24, 2.45) is 7.05 Å². The van der Waals surface area contributed by atoms with Gasteiger partial charge in [-0.1, -0.05) is 18.2 Å². The molecule has 2 N–H and O–H groups in total. The lowest BCUT2D eigenvalue weighted by atomic mass is 10.2. The maximum atomic E-state index is 12.1. The van der Waals surface area contributed by atoms with E-state index in [2.05, 4.69) is 10.6 Å². The molecule has 0 aliphatic rings. The van der Waals surface area contributed by atoms with E-state index in [1.807, 2.05) is 42.1 Å². The summed E-state index contributed by atoms with van der Waals surface area (Å²) < 4.78 is 7.07. The number of urea groups is 1. The van der Waals surface area contributed by atoms with Gasteiger partial charge in [0.15, 0.2) is 0 Å². The highest BCUT2D eigenvalue weighted by molar-refractivity contribution is 6.06. The SMILES string of the molecule is COc1ccc(NC(=O)Nc2cn(C)c3ccccc23)cc1. The van der Waals surface area contributed by atoms with E-state index in [9.17, 15) is 4.79 Å². The molecule has 0 atom stereocenters. The van der Waals surface area contributed by atoms with Gasteiger partial charge in [0, 0.05) is 29.8 Å². The average molecular weight is 295 g/mol. The van der Waals surface area contributed by atoms with Crippen LogP contribution in [-0.2, 0) is 7.05 Å². The number of hydrogen-bond acceptors (Lipinski definition) is 2. The van der Waals surface area contributed by atoms with Crippen LogP contribution in [0, 0.1) is 0 Å². The second kappa shape index (κ2) is 5.81. The van der Waals surface area contributed by atoms with Crippen molar-refractivity contribution in [3.05, 3.63) is 54.7 Å². The summed E-state index contributed by atoms with van der Waals surface area (Å²) in [6.07, 6.45) is 1.90. The van der Waals surface area contributed by atoms with Gasteiger partial charge in [-0.15, -0.1) is 0 Å². The van der Waals surface area contributed by atoms with Crippen molar-refractivity contribution in [2.45, 2.75) is 0 Å². The predicted molar refractivity (Wildman–Crippen MR) is 88.6 cm³/mol. The van der Waals surface area contributed by atoms with Gasteiger partial charge in [0.25, 0.3) is 0 Å². The topological polar surface area (TPSA) is 55.3 Å². The van der Waals surface area contributed by atoms with Gasteiger partial charge in [0.1, 0.15) is 5.75 Å². The molecule has 0 fully saturated rings. The third kappa shape index (κ3) is 2.74. The first kappa shape index (κ1) is 14.0. The standard InChI is InChI=1S/C17H17N3O2/c1-20-11-15(14-5-3-4-6-16(14)20)19-17(21)18-12-7-9-13(22-2)10-8-12/h3-11H,1-2H3,(H2,18,19,21). The Morgan fingerprint density at radius 2 is 1.77 bits per heavy atom. The summed E-state index contributed by atoms with van der Waals surface area (Å²) in [7, 11) is 3.56. The average Bonchev–Trinajstić information content (AvgIpc) is 2.85. The van der Waals surface area contributed by atoms with Crippen molar-refractivity contribution in [1.29, 1.82) is 0 Å². The molecule has 3 aromatic rings. The Bertz CT molecular complexity index is 806. The van der Waals surface area contributed by atoms with Gasteiger partial charge in [-0.3, -0.25) is 0 Å². The first-order valence-electron chi connectivity index (χ1n) is 6.93. The molecule has 5 heteroatoms. The van der Waals surface area contributed by atoms with E-state index in [0.29, 0.717) is 5.69 Å². The molecule has 1 aromatic heterocycles. The van der Waals surface area contributed by atoms with E-state index in [4.69, 9.17) is 4.74 Å². The molecular formula is C17H17N3O2. The predicted octanol–water partition coefficient (Wildman–Crippen LogP) is 3.83. The molecule has 2 amide bonds. The number of benzene rings is 2. The van der Waals surface area contributed by atoms with Gasteiger partial charge in [0.05, 0.1) is 12.8 Å². The molecule has 22 heavy (non-hydrogen) atoms. The highest BCUT2D eigenvalue weighted by atomic mass is 16.5. The second-order valence-corrected chi connectivity index (χ2v) is 4.98. The van der Waals surface area contributed by atoms with E-state index in [-0.39, 0.29) is 6.03 Å². The van der Waals surface area contributed by atoms with Gasteiger partial charge >= 0.3 is 6.03 Å². The molecule has 0 bridgehead atoms. The number of para-hydroxylation sites is 1. The maximum absolute atomic E-state index is 12.1. The molecule has 0 aliphatic heterocycles. The van der Waals surface area contributed by atoms with Crippen LogP contribution < -0.4 is 15.4 Å². The van der Waals surface area contributed by atoms with Crippen LogP contribution in [0.15, 0.2) is 54.7 Å². The van der Waals surface area contributed by atoms with Crippen LogP contribution in [0.4, 0.5) is 16.2 Å².